The molecule has 4 heteroatoms. The van der Waals surface area contributed by atoms with Gasteiger partial charge in [-0.25, -0.2) is 0 Å². The zero-order valence-corrected chi connectivity index (χ0v) is 6.43. The van der Waals surface area contributed by atoms with Crippen LogP contribution in [0.4, 0.5) is 5.69 Å². The molecule has 0 saturated carbocycles. The van der Waals surface area contributed by atoms with E-state index in [-0.39, 0.29) is 0 Å². The van der Waals surface area contributed by atoms with Gasteiger partial charge in [-0.15, -0.1) is 0 Å². The summed E-state index contributed by atoms with van der Waals surface area (Å²) in [6.07, 6.45) is 0. The molecule has 58 valence electrons. The highest BCUT2D eigenvalue weighted by Crippen LogP contribution is 2.16. The van der Waals surface area contributed by atoms with Crippen LogP contribution in [0, 0.1) is 0 Å². The second kappa shape index (κ2) is 2.80. The number of carbonyl (C=O) groups is 1. The van der Waals surface area contributed by atoms with E-state index in [1.165, 1.54) is 12.1 Å². The van der Waals surface area contributed by atoms with E-state index in [1.54, 1.807) is 6.07 Å². The number of primary amides is 1. The molecule has 0 aromatic heterocycles. The SMILES string of the molecule is NC(=O)c1ccc(Cl)cc1N. The van der Waals surface area contributed by atoms with Gasteiger partial charge in [0.25, 0.3) is 5.91 Å². The number of anilines is 1. The molecule has 0 unspecified atom stereocenters. The quantitative estimate of drug-likeness (QED) is 0.618. The summed E-state index contributed by atoms with van der Waals surface area (Å²) >= 11 is 5.59. The van der Waals surface area contributed by atoms with Crippen LogP contribution in [0.2, 0.25) is 5.02 Å². The molecule has 0 spiro atoms. The number of amides is 1. The zero-order chi connectivity index (χ0) is 8.43. The number of rotatable bonds is 1. The van der Waals surface area contributed by atoms with Crippen LogP contribution >= 0.6 is 11.6 Å². The molecule has 1 aromatic rings. The molecule has 0 aliphatic rings. The van der Waals surface area contributed by atoms with Crippen LogP contribution in [-0.2, 0) is 0 Å². The topological polar surface area (TPSA) is 69.1 Å². The maximum absolute atomic E-state index is 10.6. The standard InChI is InChI=1S/C7H7ClN2O/c8-4-1-2-5(7(10)11)6(9)3-4/h1-3H,9H2,(H2,10,11). The Labute approximate surface area is 68.9 Å². The third kappa shape index (κ3) is 1.62. The van der Waals surface area contributed by atoms with Crippen LogP contribution in [0.25, 0.3) is 0 Å². The highest BCUT2D eigenvalue weighted by molar-refractivity contribution is 6.31. The number of carbonyl (C=O) groups excluding carboxylic acids is 1. The van der Waals surface area contributed by atoms with Crippen LogP contribution in [0.1, 0.15) is 10.4 Å². The number of hydrogen-bond acceptors (Lipinski definition) is 2. The number of halogens is 1. The second-order valence-electron chi connectivity index (χ2n) is 2.10. The van der Waals surface area contributed by atoms with Crippen LogP contribution in [0.5, 0.6) is 0 Å². The third-order valence-corrected chi connectivity index (χ3v) is 1.51. The van der Waals surface area contributed by atoms with E-state index >= 15 is 0 Å². The average molecular weight is 171 g/mol. The molecule has 0 aliphatic carbocycles. The third-order valence-electron chi connectivity index (χ3n) is 1.28. The molecule has 3 nitrogen and oxygen atoms in total. The molecule has 0 radical (unpaired) electrons. The fourth-order valence-electron chi connectivity index (χ4n) is 0.758. The molecular formula is C7H7ClN2O. The minimum absolute atomic E-state index is 0.300. The van der Waals surface area contributed by atoms with E-state index in [9.17, 15) is 4.79 Å². The number of nitrogen functional groups attached to an aromatic ring is 1. The van der Waals surface area contributed by atoms with Crippen molar-refractivity contribution < 1.29 is 4.79 Å². The fraction of sp³-hybridized carbons (Fsp3) is 0. The van der Waals surface area contributed by atoms with Crippen molar-refractivity contribution in [2.75, 3.05) is 5.73 Å². The molecule has 1 rings (SSSR count). The van der Waals surface area contributed by atoms with E-state index < -0.39 is 5.91 Å². The molecule has 1 amide bonds. The van der Waals surface area contributed by atoms with E-state index in [4.69, 9.17) is 23.1 Å². The predicted octanol–water partition coefficient (Wildman–Crippen LogP) is 1.02. The van der Waals surface area contributed by atoms with Gasteiger partial charge < -0.3 is 11.5 Å². The van der Waals surface area contributed by atoms with Gasteiger partial charge >= 0.3 is 0 Å². The Morgan fingerprint density at radius 1 is 1.45 bits per heavy atom. The van der Waals surface area contributed by atoms with Crippen LogP contribution in [0.3, 0.4) is 0 Å². The summed E-state index contributed by atoms with van der Waals surface area (Å²) in [6, 6.07) is 4.56. The summed E-state index contributed by atoms with van der Waals surface area (Å²) in [5.74, 6) is -0.542. The maximum atomic E-state index is 10.6. The first kappa shape index (κ1) is 7.88. The average Bonchev–Trinajstić information content (AvgIpc) is 1.85. The zero-order valence-electron chi connectivity index (χ0n) is 5.67. The molecule has 4 N–H and O–H groups in total. The Hall–Kier alpha value is -1.22. The summed E-state index contributed by atoms with van der Waals surface area (Å²) in [6.45, 7) is 0. The minimum atomic E-state index is -0.542. The van der Waals surface area contributed by atoms with Crippen molar-refractivity contribution in [3.05, 3.63) is 28.8 Å². The Bertz CT molecular complexity index is 298. The lowest BCUT2D eigenvalue weighted by Gasteiger charge is -1.99. The first-order chi connectivity index (χ1) is 5.11. The molecule has 1 aromatic carbocycles. The van der Waals surface area contributed by atoms with Gasteiger partial charge in [-0.05, 0) is 18.2 Å². The lowest BCUT2D eigenvalue weighted by Crippen LogP contribution is -2.13. The first-order valence-corrected chi connectivity index (χ1v) is 3.34. The Balaban J connectivity index is 3.20. The molecule has 0 saturated heterocycles. The van der Waals surface area contributed by atoms with Gasteiger partial charge in [0.05, 0.1) is 5.56 Å². The Morgan fingerprint density at radius 3 is 2.55 bits per heavy atom. The number of benzene rings is 1. The van der Waals surface area contributed by atoms with E-state index in [0.29, 0.717) is 16.3 Å². The van der Waals surface area contributed by atoms with Gasteiger partial charge in [-0.3, -0.25) is 4.79 Å². The Morgan fingerprint density at radius 2 is 2.09 bits per heavy atom. The predicted molar refractivity (Wildman–Crippen MR) is 44.4 cm³/mol. The van der Waals surface area contributed by atoms with Gasteiger partial charge in [-0.1, -0.05) is 11.6 Å². The summed E-state index contributed by atoms with van der Waals surface area (Å²) in [5.41, 5.74) is 11.1. The van der Waals surface area contributed by atoms with Gasteiger partial charge in [0.2, 0.25) is 0 Å². The van der Waals surface area contributed by atoms with Crippen LogP contribution in [-0.4, -0.2) is 5.91 Å². The lowest BCUT2D eigenvalue weighted by molar-refractivity contribution is 0.100. The number of hydrogen-bond donors (Lipinski definition) is 2. The van der Waals surface area contributed by atoms with Gasteiger partial charge in [-0.2, -0.15) is 0 Å². The highest BCUT2D eigenvalue weighted by atomic mass is 35.5. The lowest BCUT2D eigenvalue weighted by atomic mass is 10.2. The molecule has 0 fully saturated rings. The van der Waals surface area contributed by atoms with E-state index in [0.717, 1.165) is 0 Å². The summed E-state index contributed by atoms with van der Waals surface area (Å²) in [4.78, 5) is 10.6. The fourth-order valence-corrected chi connectivity index (χ4v) is 0.939. The molecule has 0 aliphatic heterocycles. The van der Waals surface area contributed by atoms with Crippen molar-refractivity contribution in [2.45, 2.75) is 0 Å². The van der Waals surface area contributed by atoms with Gasteiger partial charge in [0.1, 0.15) is 0 Å². The maximum Gasteiger partial charge on any atom is 0.250 e. The van der Waals surface area contributed by atoms with Crippen molar-refractivity contribution in [2.24, 2.45) is 5.73 Å². The van der Waals surface area contributed by atoms with Gasteiger partial charge in [0.15, 0.2) is 0 Å². The van der Waals surface area contributed by atoms with Crippen molar-refractivity contribution in [3.63, 3.8) is 0 Å². The van der Waals surface area contributed by atoms with Crippen LogP contribution < -0.4 is 11.5 Å². The Kier molecular flexibility index (Phi) is 2.01. The first-order valence-electron chi connectivity index (χ1n) is 2.96. The second-order valence-corrected chi connectivity index (χ2v) is 2.53. The minimum Gasteiger partial charge on any atom is -0.398 e. The largest absolute Gasteiger partial charge is 0.398 e. The van der Waals surface area contributed by atoms with Crippen molar-refractivity contribution in [1.82, 2.24) is 0 Å². The molecular weight excluding hydrogens is 164 g/mol. The van der Waals surface area contributed by atoms with E-state index in [1.807, 2.05) is 0 Å². The smallest absolute Gasteiger partial charge is 0.250 e. The van der Waals surface area contributed by atoms with Gasteiger partial charge in [0, 0.05) is 10.7 Å². The summed E-state index contributed by atoms with van der Waals surface area (Å²) in [7, 11) is 0. The molecule has 0 heterocycles. The highest BCUT2D eigenvalue weighted by Gasteiger charge is 2.04. The molecule has 11 heavy (non-hydrogen) atoms. The monoisotopic (exact) mass is 170 g/mol. The number of nitrogens with two attached hydrogens (primary N) is 2. The van der Waals surface area contributed by atoms with Crippen molar-refractivity contribution >= 4 is 23.2 Å². The normalized spacial score (nSPS) is 9.55. The van der Waals surface area contributed by atoms with E-state index in [2.05, 4.69) is 0 Å². The van der Waals surface area contributed by atoms with Crippen molar-refractivity contribution in [1.29, 1.82) is 0 Å². The molecule has 0 bridgehead atoms. The van der Waals surface area contributed by atoms with Crippen molar-refractivity contribution in [3.8, 4) is 0 Å². The summed E-state index contributed by atoms with van der Waals surface area (Å²) < 4.78 is 0. The van der Waals surface area contributed by atoms with Crippen LogP contribution in [0.15, 0.2) is 18.2 Å². The molecule has 0 atom stereocenters. The summed E-state index contributed by atoms with van der Waals surface area (Å²) in [5, 5.41) is 0.493.